The smallest absolute Gasteiger partial charge is 0.191 e. The van der Waals surface area contributed by atoms with Gasteiger partial charge in [0.25, 0.3) is 0 Å². The second-order valence-corrected chi connectivity index (χ2v) is 8.11. The highest BCUT2D eigenvalue weighted by Crippen LogP contribution is 2.52. The van der Waals surface area contributed by atoms with E-state index in [1.807, 2.05) is 0 Å². The molecule has 132 valence electrons. The van der Waals surface area contributed by atoms with E-state index >= 15 is 0 Å². The Morgan fingerprint density at radius 3 is 2.70 bits per heavy atom. The minimum absolute atomic E-state index is 0.140. The summed E-state index contributed by atoms with van der Waals surface area (Å²) in [5, 5.41) is 17.3. The Kier molecular flexibility index (Phi) is 5.16. The van der Waals surface area contributed by atoms with Crippen LogP contribution in [0.5, 0.6) is 0 Å². The van der Waals surface area contributed by atoms with Crippen LogP contribution in [0.1, 0.15) is 52.4 Å². The van der Waals surface area contributed by atoms with E-state index in [1.54, 1.807) is 7.05 Å². The minimum Gasteiger partial charge on any atom is -0.391 e. The summed E-state index contributed by atoms with van der Waals surface area (Å²) in [6, 6.07) is 0.396. The predicted octanol–water partition coefficient (Wildman–Crippen LogP) is 1.91. The van der Waals surface area contributed by atoms with Gasteiger partial charge in [0.15, 0.2) is 5.96 Å². The molecule has 0 radical (unpaired) electrons. The molecule has 2 saturated carbocycles. The Labute approximate surface area is 140 Å². The molecule has 5 heteroatoms. The Hall–Kier alpha value is -0.810. The quantitative estimate of drug-likeness (QED) is 0.546. The normalized spacial score (nSPS) is 35.3. The van der Waals surface area contributed by atoms with E-state index in [0.717, 1.165) is 31.8 Å². The average Bonchev–Trinajstić information content (AvgIpc) is 3.02. The molecule has 3 aliphatic rings. The van der Waals surface area contributed by atoms with Gasteiger partial charge in [-0.05, 0) is 25.2 Å². The van der Waals surface area contributed by atoms with Crippen LogP contribution in [-0.2, 0) is 4.74 Å². The maximum Gasteiger partial charge on any atom is 0.191 e. The number of nitrogens with zero attached hydrogens (tertiary/aromatic N) is 1. The first-order valence-electron chi connectivity index (χ1n) is 9.31. The third-order valence-electron chi connectivity index (χ3n) is 6.29. The number of aliphatic hydroxyl groups excluding tert-OH is 1. The van der Waals surface area contributed by atoms with Crippen molar-refractivity contribution in [3.63, 3.8) is 0 Å². The molecule has 1 aliphatic heterocycles. The van der Waals surface area contributed by atoms with E-state index in [4.69, 9.17) is 4.74 Å². The molecular formula is C18H33N3O2. The average molecular weight is 323 g/mol. The molecule has 0 bridgehead atoms. The molecule has 2 aliphatic carbocycles. The fraction of sp³-hybridized carbons (Fsp3) is 0.944. The number of nitrogens with one attached hydrogen (secondary N) is 2. The second-order valence-electron chi connectivity index (χ2n) is 8.11. The first-order chi connectivity index (χ1) is 11.0. The van der Waals surface area contributed by atoms with Crippen molar-refractivity contribution in [2.45, 2.75) is 70.6 Å². The Morgan fingerprint density at radius 1 is 1.26 bits per heavy atom. The van der Waals surface area contributed by atoms with E-state index in [-0.39, 0.29) is 11.5 Å². The Morgan fingerprint density at radius 2 is 2.00 bits per heavy atom. The van der Waals surface area contributed by atoms with Crippen LogP contribution in [0.2, 0.25) is 0 Å². The highest BCUT2D eigenvalue weighted by Gasteiger charge is 2.59. The van der Waals surface area contributed by atoms with Crippen molar-refractivity contribution in [2.75, 3.05) is 20.2 Å². The molecule has 3 fully saturated rings. The van der Waals surface area contributed by atoms with E-state index in [0.29, 0.717) is 30.5 Å². The molecule has 4 unspecified atom stereocenters. The number of aliphatic hydroxyl groups is 1. The van der Waals surface area contributed by atoms with Crippen LogP contribution in [0, 0.1) is 17.3 Å². The van der Waals surface area contributed by atoms with Crippen molar-refractivity contribution >= 4 is 5.96 Å². The standard InChI is InChI=1S/C18H33N3O2/c1-18(2)15(13-9-10-23-16(13)18)21-17(19-3)20-11-14(22)12-7-5-4-6-8-12/h12-16,22H,4-11H2,1-3H3,(H2,19,20,21). The summed E-state index contributed by atoms with van der Waals surface area (Å²) in [4.78, 5) is 4.35. The second kappa shape index (κ2) is 6.98. The number of fused-ring (bicyclic) bond motifs is 1. The monoisotopic (exact) mass is 323 g/mol. The molecule has 1 saturated heterocycles. The lowest BCUT2D eigenvalue weighted by atomic mass is 9.57. The summed E-state index contributed by atoms with van der Waals surface area (Å²) < 4.78 is 5.85. The molecule has 3 rings (SSSR count). The van der Waals surface area contributed by atoms with E-state index in [1.165, 1.54) is 19.3 Å². The zero-order valence-electron chi connectivity index (χ0n) is 14.8. The van der Waals surface area contributed by atoms with E-state index in [9.17, 15) is 5.11 Å². The topological polar surface area (TPSA) is 65.9 Å². The molecular weight excluding hydrogens is 290 g/mol. The molecule has 5 nitrogen and oxygen atoms in total. The lowest BCUT2D eigenvalue weighted by molar-refractivity contribution is -0.106. The number of guanidine groups is 1. The van der Waals surface area contributed by atoms with Crippen LogP contribution < -0.4 is 10.6 Å². The van der Waals surface area contributed by atoms with Crippen molar-refractivity contribution in [1.82, 2.24) is 10.6 Å². The highest BCUT2D eigenvalue weighted by atomic mass is 16.5. The maximum absolute atomic E-state index is 10.4. The van der Waals surface area contributed by atoms with Gasteiger partial charge in [-0.3, -0.25) is 4.99 Å². The van der Waals surface area contributed by atoms with Crippen molar-refractivity contribution in [3.05, 3.63) is 0 Å². The minimum atomic E-state index is -0.272. The highest BCUT2D eigenvalue weighted by molar-refractivity contribution is 5.80. The van der Waals surface area contributed by atoms with Crippen molar-refractivity contribution in [3.8, 4) is 0 Å². The number of ether oxygens (including phenoxy) is 1. The lowest BCUT2D eigenvalue weighted by Gasteiger charge is -2.55. The van der Waals surface area contributed by atoms with Gasteiger partial charge in [0.1, 0.15) is 0 Å². The van der Waals surface area contributed by atoms with Crippen molar-refractivity contribution in [1.29, 1.82) is 0 Å². The van der Waals surface area contributed by atoms with Gasteiger partial charge in [-0.15, -0.1) is 0 Å². The van der Waals surface area contributed by atoms with Crippen molar-refractivity contribution < 1.29 is 9.84 Å². The largest absolute Gasteiger partial charge is 0.391 e. The number of rotatable bonds is 4. The van der Waals surface area contributed by atoms with Gasteiger partial charge >= 0.3 is 0 Å². The van der Waals surface area contributed by atoms with Crippen LogP contribution in [0.25, 0.3) is 0 Å². The fourth-order valence-corrected chi connectivity index (χ4v) is 4.85. The zero-order valence-corrected chi connectivity index (χ0v) is 14.8. The Balaban J connectivity index is 1.48. The Bertz CT molecular complexity index is 432. The lowest BCUT2D eigenvalue weighted by Crippen LogP contribution is -2.68. The maximum atomic E-state index is 10.4. The molecule has 3 N–H and O–H groups in total. The zero-order chi connectivity index (χ0) is 16.4. The summed E-state index contributed by atoms with van der Waals surface area (Å²) in [5.41, 5.74) is 0.140. The van der Waals surface area contributed by atoms with Crippen LogP contribution in [-0.4, -0.2) is 49.5 Å². The molecule has 0 amide bonds. The summed E-state index contributed by atoms with van der Waals surface area (Å²) in [6.07, 6.45) is 7.39. The fourth-order valence-electron chi connectivity index (χ4n) is 4.85. The van der Waals surface area contributed by atoms with Crippen LogP contribution in [0.15, 0.2) is 4.99 Å². The molecule has 0 aromatic rings. The SMILES string of the molecule is CN=C(NCC(O)C1CCCCC1)NC1C2CCOC2C1(C)C. The van der Waals surface area contributed by atoms with Gasteiger partial charge in [0, 0.05) is 37.6 Å². The van der Waals surface area contributed by atoms with Crippen LogP contribution in [0.3, 0.4) is 0 Å². The molecule has 0 aromatic carbocycles. The first kappa shape index (κ1) is 17.0. The number of hydrogen-bond acceptors (Lipinski definition) is 3. The van der Waals surface area contributed by atoms with Gasteiger partial charge in [0.2, 0.25) is 0 Å². The molecule has 0 aromatic heterocycles. The summed E-state index contributed by atoms with van der Waals surface area (Å²) in [6.45, 7) is 5.99. The molecule has 23 heavy (non-hydrogen) atoms. The van der Waals surface area contributed by atoms with Gasteiger partial charge in [-0.2, -0.15) is 0 Å². The van der Waals surface area contributed by atoms with Gasteiger partial charge < -0.3 is 20.5 Å². The van der Waals surface area contributed by atoms with Crippen LogP contribution in [0.4, 0.5) is 0 Å². The van der Waals surface area contributed by atoms with E-state index in [2.05, 4.69) is 29.5 Å². The van der Waals surface area contributed by atoms with Gasteiger partial charge in [0.05, 0.1) is 12.2 Å². The summed E-state index contributed by atoms with van der Waals surface area (Å²) in [5.74, 6) is 1.84. The molecule has 4 atom stereocenters. The van der Waals surface area contributed by atoms with E-state index < -0.39 is 0 Å². The van der Waals surface area contributed by atoms with Crippen LogP contribution >= 0.6 is 0 Å². The first-order valence-corrected chi connectivity index (χ1v) is 9.31. The van der Waals surface area contributed by atoms with Gasteiger partial charge in [-0.1, -0.05) is 33.1 Å². The van der Waals surface area contributed by atoms with Gasteiger partial charge in [-0.25, -0.2) is 0 Å². The summed E-state index contributed by atoms with van der Waals surface area (Å²) >= 11 is 0. The number of hydrogen-bond donors (Lipinski definition) is 3. The van der Waals surface area contributed by atoms with Crippen molar-refractivity contribution in [2.24, 2.45) is 22.2 Å². The third kappa shape index (κ3) is 3.36. The molecule has 1 heterocycles. The summed E-state index contributed by atoms with van der Waals surface area (Å²) in [7, 11) is 1.80. The number of aliphatic imine (C=N–C) groups is 1. The predicted molar refractivity (Wildman–Crippen MR) is 92.5 cm³/mol. The molecule has 0 spiro atoms. The third-order valence-corrected chi connectivity index (χ3v) is 6.29.